The number of carbonyl (C=O) groups is 2. The molecule has 1 saturated heterocycles. The first-order valence-corrected chi connectivity index (χ1v) is 7.29. The van der Waals surface area contributed by atoms with Crippen molar-refractivity contribution >= 4 is 11.9 Å². The fourth-order valence-corrected chi connectivity index (χ4v) is 2.40. The van der Waals surface area contributed by atoms with Crippen LogP contribution in [0.4, 0.5) is 0 Å². The van der Waals surface area contributed by atoms with Crippen LogP contribution in [0.3, 0.4) is 0 Å². The van der Waals surface area contributed by atoms with Crippen LogP contribution in [0.15, 0.2) is 0 Å². The van der Waals surface area contributed by atoms with Crippen molar-refractivity contribution in [3.8, 4) is 0 Å². The van der Waals surface area contributed by atoms with Gasteiger partial charge >= 0.3 is 5.97 Å². The van der Waals surface area contributed by atoms with Crippen molar-refractivity contribution in [3.63, 3.8) is 0 Å². The largest absolute Gasteiger partial charge is 0.480 e. The molecule has 2 unspecified atom stereocenters. The smallest absolute Gasteiger partial charge is 0.326 e. The fourth-order valence-electron chi connectivity index (χ4n) is 2.40. The molecule has 0 aliphatic carbocycles. The van der Waals surface area contributed by atoms with Gasteiger partial charge in [-0.05, 0) is 44.8 Å². The number of nitrogens with zero attached hydrogens (tertiary/aromatic N) is 1. The average molecular weight is 270 g/mol. The van der Waals surface area contributed by atoms with Crippen molar-refractivity contribution < 1.29 is 14.7 Å². The second-order valence-electron chi connectivity index (χ2n) is 5.42. The lowest BCUT2D eigenvalue weighted by Crippen LogP contribution is -2.45. The number of hydrogen-bond donors (Lipinski definition) is 2. The molecule has 1 heterocycles. The highest BCUT2D eigenvalue weighted by Gasteiger charge is 2.25. The van der Waals surface area contributed by atoms with Gasteiger partial charge in [0.25, 0.3) is 0 Å². The van der Waals surface area contributed by atoms with E-state index in [1.165, 1.54) is 12.8 Å². The molecule has 2 atom stereocenters. The second kappa shape index (κ2) is 8.15. The summed E-state index contributed by atoms with van der Waals surface area (Å²) in [5.41, 5.74) is 0. The maximum Gasteiger partial charge on any atom is 0.326 e. The van der Waals surface area contributed by atoms with Gasteiger partial charge < -0.3 is 15.3 Å². The van der Waals surface area contributed by atoms with E-state index >= 15 is 0 Å². The predicted octanol–water partition coefficient (Wildman–Crippen LogP) is 1.48. The zero-order valence-electron chi connectivity index (χ0n) is 12.0. The van der Waals surface area contributed by atoms with Crippen molar-refractivity contribution in [2.75, 3.05) is 19.6 Å². The quantitative estimate of drug-likeness (QED) is 0.701. The lowest BCUT2D eigenvalue weighted by molar-refractivity contribution is -0.143. The van der Waals surface area contributed by atoms with E-state index in [-0.39, 0.29) is 11.8 Å². The number of carboxylic acid groups (broad SMARTS) is 1. The first kappa shape index (κ1) is 16.0. The Morgan fingerprint density at radius 2 is 1.95 bits per heavy atom. The van der Waals surface area contributed by atoms with Crippen molar-refractivity contribution in [1.82, 2.24) is 10.2 Å². The minimum atomic E-state index is -0.942. The SMILES string of the molecule is CCC(C)C(NC(=O)CCCN1CCCC1)C(=O)O. The Kier molecular flexibility index (Phi) is 6.84. The van der Waals surface area contributed by atoms with Gasteiger partial charge in [0.05, 0.1) is 0 Å². The van der Waals surface area contributed by atoms with Crippen molar-refractivity contribution in [2.45, 2.75) is 52.0 Å². The Bertz CT molecular complexity index is 301. The zero-order chi connectivity index (χ0) is 14.3. The molecule has 19 heavy (non-hydrogen) atoms. The van der Waals surface area contributed by atoms with Gasteiger partial charge in [0, 0.05) is 6.42 Å². The summed E-state index contributed by atoms with van der Waals surface area (Å²) in [5.74, 6) is -1.13. The topological polar surface area (TPSA) is 69.6 Å². The van der Waals surface area contributed by atoms with Gasteiger partial charge in [-0.1, -0.05) is 20.3 Å². The Balaban J connectivity index is 2.25. The number of aliphatic carboxylic acids is 1. The standard InChI is InChI=1S/C14H26N2O3/c1-3-11(2)13(14(18)19)15-12(17)7-6-10-16-8-4-5-9-16/h11,13H,3-10H2,1-2H3,(H,15,17)(H,18,19). The number of carboxylic acids is 1. The fraction of sp³-hybridized carbons (Fsp3) is 0.857. The molecular formula is C14H26N2O3. The van der Waals surface area contributed by atoms with Crippen molar-refractivity contribution in [1.29, 1.82) is 0 Å². The monoisotopic (exact) mass is 270 g/mol. The van der Waals surface area contributed by atoms with Gasteiger partial charge in [-0.15, -0.1) is 0 Å². The third-order valence-corrected chi connectivity index (χ3v) is 3.87. The summed E-state index contributed by atoms with van der Waals surface area (Å²) in [6, 6.07) is -0.760. The van der Waals surface area contributed by atoms with E-state index in [4.69, 9.17) is 5.11 Å². The van der Waals surface area contributed by atoms with Gasteiger partial charge in [0.1, 0.15) is 6.04 Å². The number of rotatable bonds is 8. The molecule has 0 radical (unpaired) electrons. The molecule has 1 fully saturated rings. The number of amides is 1. The molecule has 2 N–H and O–H groups in total. The van der Waals surface area contributed by atoms with E-state index in [9.17, 15) is 9.59 Å². The van der Waals surface area contributed by atoms with Gasteiger partial charge in [0.15, 0.2) is 0 Å². The van der Waals surface area contributed by atoms with Crippen LogP contribution in [-0.2, 0) is 9.59 Å². The van der Waals surface area contributed by atoms with E-state index in [0.717, 1.165) is 32.5 Å². The summed E-state index contributed by atoms with van der Waals surface area (Å²) in [6.45, 7) is 6.98. The molecule has 0 aromatic rings. The molecule has 1 rings (SSSR count). The van der Waals surface area contributed by atoms with E-state index in [1.807, 2.05) is 13.8 Å². The molecule has 1 amide bonds. The minimum Gasteiger partial charge on any atom is -0.480 e. The van der Waals surface area contributed by atoms with Gasteiger partial charge in [-0.3, -0.25) is 4.79 Å². The lowest BCUT2D eigenvalue weighted by Gasteiger charge is -2.20. The zero-order valence-corrected chi connectivity index (χ0v) is 12.0. The van der Waals surface area contributed by atoms with Crippen molar-refractivity contribution in [3.05, 3.63) is 0 Å². The lowest BCUT2D eigenvalue weighted by atomic mass is 9.99. The highest BCUT2D eigenvalue weighted by molar-refractivity contribution is 5.83. The van der Waals surface area contributed by atoms with Crippen LogP contribution in [0.5, 0.6) is 0 Å². The first-order chi connectivity index (χ1) is 9.04. The van der Waals surface area contributed by atoms with Gasteiger partial charge in [-0.25, -0.2) is 4.79 Å². The van der Waals surface area contributed by atoms with E-state index < -0.39 is 12.0 Å². The molecule has 0 bridgehead atoms. The average Bonchev–Trinajstić information content (AvgIpc) is 2.87. The van der Waals surface area contributed by atoms with Gasteiger partial charge in [-0.2, -0.15) is 0 Å². The Hall–Kier alpha value is -1.10. The summed E-state index contributed by atoms with van der Waals surface area (Å²) >= 11 is 0. The maximum atomic E-state index is 11.8. The second-order valence-corrected chi connectivity index (χ2v) is 5.42. The molecule has 110 valence electrons. The minimum absolute atomic E-state index is 0.0416. The molecule has 0 aromatic carbocycles. The summed E-state index contributed by atoms with van der Waals surface area (Å²) in [5, 5.41) is 11.7. The van der Waals surface area contributed by atoms with Crippen LogP contribution in [-0.4, -0.2) is 47.6 Å². The van der Waals surface area contributed by atoms with Crippen LogP contribution in [0.1, 0.15) is 46.0 Å². The maximum absolute atomic E-state index is 11.8. The van der Waals surface area contributed by atoms with E-state index in [2.05, 4.69) is 10.2 Å². The van der Waals surface area contributed by atoms with Crippen LogP contribution in [0, 0.1) is 5.92 Å². The molecule has 0 spiro atoms. The molecule has 1 aliphatic heterocycles. The Labute approximate surface area is 115 Å². The van der Waals surface area contributed by atoms with Gasteiger partial charge in [0.2, 0.25) is 5.91 Å². The first-order valence-electron chi connectivity index (χ1n) is 7.29. The number of hydrogen-bond acceptors (Lipinski definition) is 3. The normalized spacial score (nSPS) is 19.1. The van der Waals surface area contributed by atoms with E-state index in [0.29, 0.717) is 6.42 Å². The summed E-state index contributed by atoms with van der Waals surface area (Å²) < 4.78 is 0. The third-order valence-electron chi connectivity index (χ3n) is 3.87. The summed E-state index contributed by atoms with van der Waals surface area (Å²) in [6.07, 6.45) is 4.46. The number of likely N-dealkylation sites (tertiary alicyclic amines) is 1. The number of carbonyl (C=O) groups excluding carboxylic acids is 1. The van der Waals surface area contributed by atoms with Crippen LogP contribution in [0.2, 0.25) is 0 Å². The third kappa shape index (κ3) is 5.59. The summed E-state index contributed by atoms with van der Waals surface area (Å²) in [7, 11) is 0. The molecule has 0 aromatic heterocycles. The molecule has 0 saturated carbocycles. The molecule has 5 nitrogen and oxygen atoms in total. The Morgan fingerprint density at radius 3 is 2.47 bits per heavy atom. The number of nitrogens with one attached hydrogen (secondary N) is 1. The van der Waals surface area contributed by atoms with E-state index in [1.54, 1.807) is 0 Å². The van der Waals surface area contributed by atoms with Crippen LogP contribution in [0.25, 0.3) is 0 Å². The highest BCUT2D eigenvalue weighted by Crippen LogP contribution is 2.10. The van der Waals surface area contributed by atoms with Crippen molar-refractivity contribution in [2.24, 2.45) is 5.92 Å². The van der Waals surface area contributed by atoms with Crippen LogP contribution < -0.4 is 5.32 Å². The predicted molar refractivity (Wildman–Crippen MR) is 73.9 cm³/mol. The molecular weight excluding hydrogens is 244 g/mol. The molecule has 1 aliphatic rings. The summed E-state index contributed by atoms with van der Waals surface area (Å²) in [4.78, 5) is 25.2. The Morgan fingerprint density at radius 1 is 1.32 bits per heavy atom. The highest BCUT2D eigenvalue weighted by atomic mass is 16.4. The van der Waals surface area contributed by atoms with Crippen LogP contribution >= 0.6 is 0 Å². The molecule has 5 heteroatoms.